The van der Waals surface area contributed by atoms with Crippen molar-refractivity contribution in [3.05, 3.63) is 29.8 Å². The van der Waals surface area contributed by atoms with Gasteiger partial charge < -0.3 is 5.32 Å². The van der Waals surface area contributed by atoms with Crippen LogP contribution < -0.4 is 5.32 Å². The van der Waals surface area contributed by atoms with Gasteiger partial charge in [-0.25, -0.2) is 0 Å². The fraction of sp³-hybridized carbons (Fsp3) is 0.500. The summed E-state index contributed by atoms with van der Waals surface area (Å²) in [5, 5.41) is 11.5. The molecule has 2 rings (SSSR count). The van der Waals surface area contributed by atoms with E-state index in [9.17, 15) is 4.79 Å². The standard InChI is InChI=1S/C16H21N3O/c17-10-9-14-5-7-15(8-6-14)18-16(20)13-19-11-3-1-2-4-12-19/h5-8H,1-4,9,11-13H2,(H,18,20). The van der Waals surface area contributed by atoms with Crippen LogP contribution in [0.25, 0.3) is 0 Å². The van der Waals surface area contributed by atoms with Crippen LogP contribution in [0.5, 0.6) is 0 Å². The number of rotatable bonds is 4. The first-order valence-corrected chi connectivity index (χ1v) is 7.26. The molecule has 4 heteroatoms. The first-order chi connectivity index (χ1) is 9.78. The van der Waals surface area contributed by atoms with Crippen LogP contribution >= 0.6 is 0 Å². The second-order valence-corrected chi connectivity index (χ2v) is 5.27. The summed E-state index contributed by atoms with van der Waals surface area (Å²) in [6.07, 6.45) is 5.34. The zero-order valence-corrected chi connectivity index (χ0v) is 11.8. The normalized spacial score (nSPS) is 16.1. The van der Waals surface area contributed by atoms with Crippen LogP contribution in [0, 0.1) is 11.3 Å². The van der Waals surface area contributed by atoms with Gasteiger partial charge in [0.15, 0.2) is 0 Å². The monoisotopic (exact) mass is 271 g/mol. The van der Waals surface area contributed by atoms with Crippen molar-refractivity contribution in [1.29, 1.82) is 5.26 Å². The molecular formula is C16H21N3O. The van der Waals surface area contributed by atoms with E-state index in [-0.39, 0.29) is 5.91 Å². The first-order valence-electron chi connectivity index (χ1n) is 7.26. The highest BCUT2D eigenvalue weighted by Crippen LogP contribution is 2.12. The fourth-order valence-corrected chi connectivity index (χ4v) is 2.50. The highest BCUT2D eigenvalue weighted by molar-refractivity contribution is 5.92. The second kappa shape index (κ2) is 7.66. The number of carbonyl (C=O) groups is 1. The van der Waals surface area contributed by atoms with Crippen molar-refractivity contribution in [3.63, 3.8) is 0 Å². The Morgan fingerprint density at radius 2 is 1.80 bits per heavy atom. The van der Waals surface area contributed by atoms with Crippen molar-refractivity contribution in [2.24, 2.45) is 0 Å². The molecule has 1 aliphatic rings. The first kappa shape index (κ1) is 14.5. The number of hydrogen-bond donors (Lipinski definition) is 1. The number of carbonyl (C=O) groups excluding carboxylic acids is 1. The fourth-order valence-electron chi connectivity index (χ4n) is 2.50. The van der Waals surface area contributed by atoms with E-state index in [1.54, 1.807) is 0 Å². The topological polar surface area (TPSA) is 56.1 Å². The summed E-state index contributed by atoms with van der Waals surface area (Å²) < 4.78 is 0. The van der Waals surface area contributed by atoms with Gasteiger partial charge in [-0.05, 0) is 43.6 Å². The Morgan fingerprint density at radius 1 is 1.15 bits per heavy atom. The van der Waals surface area contributed by atoms with Gasteiger partial charge in [0, 0.05) is 5.69 Å². The van der Waals surface area contributed by atoms with Crippen molar-refractivity contribution in [2.75, 3.05) is 25.0 Å². The smallest absolute Gasteiger partial charge is 0.238 e. The molecule has 4 nitrogen and oxygen atoms in total. The van der Waals surface area contributed by atoms with E-state index >= 15 is 0 Å². The molecule has 106 valence electrons. The van der Waals surface area contributed by atoms with Crippen LogP contribution in [0.15, 0.2) is 24.3 Å². The summed E-state index contributed by atoms with van der Waals surface area (Å²) in [6, 6.07) is 9.58. The van der Waals surface area contributed by atoms with Crippen LogP contribution in [-0.2, 0) is 11.2 Å². The molecule has 0 radical (unpaired) electrons. The van der Waals surface area contributed by atoms with Crippen molar-refractivity contribution in [1.82, 2.24) is 4.90 Å². The Hall–Kier alpha value is -1.86. The van der Waals surface area contributed by atoms with E-state index in [0.717, 1.165) is 24.3 Å². The summed E-state index contributed by atoms with van der Waals surface area (Å²) in [5.41, 5.74) is 1.77. The van der Waals surface area contributed by atoms with Crippen molar-refractivity contribution in [3.8, 4) is 6.07 Å². The molecule has 1 aliphatic heterocycles. The van der Waals surface area contributed by atoms with Crippen LogP contribution in [0.1, 0.15) is 31.2 Å². The summed E-state index contributed by atoms with van der Waals surface area (Å²) in [4.78, 5) is 14.2. The Labute approximate surface area is 120 Å². The third-order valence-electron chi connectivity index (χ3n) is 3.59. The highest BCUT2D eigenvalue weighted by Gasteiger charge is 2.12. The van der Waals surface area contributed by atoms with Crippen molar-refractivity contribution in [2.45, 2.75) is 32.1 Å². The number of nitrogens with one attached hydrogen (secondary N) is 1. The van der Waals surface area contributed by atoms with E-state index in [2.05, 4.69) is 16.3 Å². The number of hydrogen-bond acceptors (Lipinski definition) is 3. The number of amides is 1. The molecule has 1 aromatic carbocycles. The molecule has 0 saturated carbocycles. The summed E-state index contributed by atoms with van der Waals surface area (Å²) in [6.45, 7) is 2.52. The minimum absolute atomic E-state index is 0.0416. The van der Waals surface area contributed by atoms with Gasteiger partial charge >= 0.3 is 0 Å². The molecule has 1 N–H and O–H groups in total. The highest BCUT2D eigenvalue weighted by atomic mass is 16.2. The van der Waals surface area contributed by atoms with Gasteiger partial charge in [0.05, 0.1) is 19.0 Å². The van der Waals surface area contributed by atoms with E-state index < -0.39 is 0 Å². The number of nitrogens with zero attached hydrogens (tertiary/aromatic N) is 2. The quantitative estimate of drug-likeness (QED) is 0.915. The van der Waals surface area contributed by atoms with Crippen LogP contribution in [0.3, 0.4) is 0 Å². The SMILES string of the molecule is N#CCc1ccc(NC(=O)CN2CCCCCC2)cc1. The van der Waals surface area contributed by atoms with Crippen molar-refractivity contribution >= 4 is 11.6 Å². The molecule has 20 heavy (non-hydrogen) atoms. The van der Waals surface area contributed by atoms with Gasteiger partial charge in [0.2, 0.25) is 5.91 Å². The molecule has 1 heterocycles. The molecule has 1 saturated heterocycles. The molecule has 0 aromatic heterocycles. The minimum atomic E-state index is 0.0416. The van der Waals surface area contributed by atoms with Crippen LogP contribution in [0.4, 0.5) is 5.69 Å². The zero-order chi connectivity index (χ0) is 14.2. The van der Waals surface area contributed by atoms with E-state index in [0.29, 0.717) is 13.0 Å². The number of likely N-dealkylation sites (tertiary alicyclic amines) is 1. The van der Waals surface area contributed by atoms with Gasteiger partial charge in [-0.15, -0.1) is 0 Å². The zero-order valence-electron chi connectivity index (χ0n) is 11.8. The maximum atomic E-state index is 12.0. The average molecular weight is 271 g/mol. The second-order valence-electron chi connectivity index (χ2n) is 5.27. The molecule has 1 amide bonds. The Kier molecular flexibility index (Phi) is 5.57. The van der Waals surface area contributed by atoms with Gasteiger partial charge in [0.25, 0.3) is 0 Å². The van der Waals surface area contributed by atoms with Gasteiger partial charge in [0.1, 0.15) is 0 Å². The molecular weight excluding hydrogens is 250 g/mol. The molecule has 0 aliphatic carbocycles. The maximum absolute atomic E-state index is 12.0. The average Bonchev–Trinajstić information content (AvgIpc) is 2.70. The Morgan fingerprint density at radius 3 is 2.40 bits per heavy atom. The van der Waals surface area contributed by atoms with Crippen molar-refractivity contribution < 1.29 is 4.79 Å². The van der Waals surface area contributed by atoms with Gasteiger partial charge in [-0.2, -0.15) is 5.26 Å². The molecule has 0 unspecified atom stereocenters. The third kappa shape index (κ3) is 4.67. The lowest BCUT2D eigenvalue weighted by Gasteiger charge is -2.19. The van der Waals surface area contributed by atoms with Gasteiger partial charge in [-0.1, -0.05) is 25.0 Å². The van der Waals surface area contributed by atoms with E-state index in [1.807, 2.05) is 24.3 Å². The Bertz CT molecular complexity index is 467. The van der Waals surface area contributed by atoms with Crippen LogP contribution in [0.2, 0.25) is 0 Å². The number of anilines is 1. The minimum Gasteiger partial charge on any atom is -0.325 e. The summed E-state index contributed by atoms with van der Waals surface area (Å²) in [7, 11) is 0. The number of nitriles is 1. The largest absolute Gasteiger partial charge is 0.325 e. The molecule has 0 atom stereocenters. The van der Waals surface area contributed by atoms with E-state index in [4.69, 9.17) is 5.26 Å². The Balaban J connectivity index is 1.82. The van der Waals surface area contributed by atoms with E-state index in [1.165, 1.54) is 25.7 Å². The lowest BCUT2D eigenvalue weighted by Crippen LogP contribution is -2.33. The molecule has 1 fully saturated rings. The molecule has 1 aromatic rings. The molecule has 0 spiro atoms. The van der Waals surface area contributed by atoms with Crippen LogP contribution in [-0.4, -0.2) is 30.4 Å². The predicted octanol–water partition coefficient (Wildman–Crippen LogP) is 2.57. The lowest BCUT2D eigenvalue weighted by atomic mass is 10.1. The predicted molar refractivity (Wildman–Crippen MR) is 79.3 cm³/mol. The third-order valence-corrected chi connectivity index (χ3v) is 3.59. The number of benzene rings is 1. The van der Waals surface area contributed by atoms with Gasteiger partial charge in [-0.3, -0.25) is 9.69 Å². The maximum Gasteiger partial charge on any atom is 0.238 e. The lowest BCUT2D eigenvalue weighted by molar-refractivity contribution is -0.117. The summed E-state index contributed by atoms with van der Waals surface area (Å²) in [5.74, 6) is 0.0416. The summed E-state index contributed by atoms with van der Waals surface area (Å²) >= 11 is 0. The molecule has 0 bridgehead atoms.